The lowest BCUT2D eigenvalue weighted by atomic mass is 10.1. The molecule has 0 bridgehead atoms. The van der Waals surface area contributed by atoms with Crippen molar-refractivity contribution in [2.75, 3.05) is 7.11 Å². The molecule has 8 nitrogen and oxygen atoms in total. The van der Waals surface area contributed by atoms with E-state index in [1.807, 2.05) is 0 Å². The Morgan fingerprint density at radius 2 is 2.03 bits per heavy atom. The van der Waals surface area contributed by atoms with Crippen molar-refractivity contribution in [3.05, 3.63) is 62.5 Å². The Morgan fingerprint density at radius 1 is 1.30 bits per heavy atom. The highest BCUT2D eigenvalue weighted by Crippen LogP contribution is 2.38. The Morgan fingerprint density at radius 3 is 2.67 bits per heavy atom. The number of ether oxygens (including phenoxy) is 1. The first kappa shape index (κ1) is 21.2. The maximum absolute atomic E-state index is 12.8. The molecule has 0 atom stereocenters. The van der Waals surface area contributed by atoms with Crippen molar-refractivity contribution >= 4 is 40.3 Å². The van der Waals surface area contributed by atoms with Gasteiger partial charge in [-0.3, -0.25) is 14.9 Å². The van der Waals surface area contributed by atoms with Crippen LogP contribution in [0.2, 0.25) is 0 Å². The van der Waals surface area contributed by atoms with E-state index >= 15 is 0 Å². The number of aromatic hydroxyl groups is 1. The summed E-state index contributed by atoms with van der Waals surface area (Å²) in [6.45, 7) is 0. The minimum atomic E-state index is -4.53. The molecule has 0 saturated carbocycles. The Bertz CT molecular complexity index is 1100. The first-order chi connectivity index (χ1) is 14.1. The van der Waals surface area contributed by atoms with Crippen LogP contribution in [0.1, 0.15) is 11.1 Å². The van der Waals surface area contributed by atoms with Gasteiger partial charge in [-0.2, -0.15) is 13.2 Å². The van der Waals surface area contributed by atoms with Crippen molar-refractivity contribution in [1.82, 2.24) is 5.32 Å². The molecule has 1 aliphatic heterocycles. The van der Waals surface area contributed by atoms with E-state index in [0.29, 0.717) is 0 Å². The van der Waals surface area contributed by atoms with E-state index < -0.39 is 34.0 Å². The molecule has 0 aliphatic carbocycles. The second kappa shape index (κ2) is 8.06. The van der Waals surface area contributed by atoms with Crippen molar-refractivity contribution in [3.8, 4) is 11.5 Å². The van der Waals surface area contributed by atoms with Crippen LogP contribution in [0.4, 0.5) is 24.5 Å². The third kappa shape index (κ3) is 4.54. The fraction of sp³-hybridized carbons (Fsp3) is 0.111. The number of hydrogen-bond donors (Lipinski definition) is 2. The summed E-state index contributed by atoms with van der Waals surface area (Å²) < 4.78 is 43.4. The number of aliphatic imine (C=N–C) groups is 1. The fourth-order valence-corrected chi connectivity index (χ4v) is 3.33. The number of nitro groups is 1. The van der Waals surface area contributed by atoms with Gasteiger partial charge in [0.15, 0.2) is 10.9 Å². The van der Waals surface area contributed by atoms with Crippen molar-refractivity contribution in [3.63, 3.8) is 0 Å². The van der Waals surface area contributed by atoms with Gasteiger partial charge in [-0.05, 0) is 47.7 Å². The number of carbonyl (C=O) groups excluding carboxylic acids is 1. The van der Waals surface area contributed by atoms with Crippen molar-refractivity contribution in [2.24, 2.45) is 4.99 Å². The summed E-state index contributed by atoms with van der Waals surface area (Å²) in [5.74, 6) is -1.39. The number of amides is 1. The second-order valence-corrected chi connectivity index (χ2v) is 6.91. The molecule has 1 fully saturated rings. The predicted octanol–water partition coefficient (Wildman–Crippen LogP) is 4.22. The molecule has 1 saturated heterocycles. The topological polar surface area (TPSA) is 114 Å². The largest absolute Gasteiger partial charge is 0.500 e. The maximum atomic E-state index is 12.8. The zero-order valence-electron chi connectivity index (χ0n) is 15.1. The number of nitrogens with one attached hydrogen (secondary N) is 1. The third-order valence-electron chi connectivity index (χ3n) is 3.85. The van der Waals surface area contributed by atoms with Crippen LogP contribution in [0.15, 0.2) is 46.3 Å². The van der Waals surface area contributed by atoms with Gasteiger partial charge in [-0.15, -0.1) is 0 Å². The summed E-state index contributed by atoms with van der Waals surface area (Å²) in [5.41, 5.74) is -1.29. The zero-order valence-corrected chi connectivity index (χ0v) is 15.9. The lowest BCUT2D eigenvalue weighted by Gasteiger charge is -2.06. The van der Waals surface area contributed by atoms with E-state index in [-0.39, 0.29) is 27.1 Å². The number of alkyl halides is 3. The second-order valence-electron chi connectivity index (χ2n) is 5.88. The molecule has 0 spiro atoms. The Hall–Kier alpha value is -3.54. The van der Waals surface area contributed by atoms with Crippen LogP contribution in [0, 0.1) is 10.1 Å². The number of nitrogens with zero attached hydrogens (tertiary/aromatic N) is 2. The zero-order chi connectivity index (χ0) is 22.1. The third-order valence-corrected chi connectivity index (χ3v) is 4.76. The van der Waals surface area contributed by atoms with E-state index in [4.69, 9.17) is 4.74 Å². The van der Waals surface area contributed by atoms with E-state index in [1.165, 1.54) is 31.4 Å². The first-order valence-electron chi connectivity index (χ1n) is 8.10. The molecule has 2 N–H and O–H groups in total. The molecular weight excluding hydrogens is 427 g/mol. The molecule has 1 amide bonds. The van der Waals surface area contributed by atoms with Crippen molar-refractivity contribution in [1.29, 1.82) is 0 Å². The number of benzene rings is 2. The van der Waals surface area contributed by atoms with Gasteiger partial charge in [-0.25, -0.2) is 4.99 Å². The molecular formula is C18H12F3N3O5S. The quantitative estimate of drug-likeness (QED) is 0.419. The number of methoxy groups -OCH3 is 1. The Labute approximate surface area is 171 Å². The van der Waals surface area contributed by atoms with E-state index in [1.54, 1.807) is 0 Å². The molecule has 1 aliphatic rings. The predicted molar refractivity (Wildman–Crippen MR) is 104 cm³/mol. The molecule has 1 heterocycles. The number of phenols is 1. The molecule has 3 rings (SSSR count). The molecule has 12 heteroatoms. The molecule has 30 heavy (non-hydrogen) atoms. The van der Waals surface area contributed by atoms with Gasteiger partial charge in [0, 0.05) is 6.07 Å². The van der Waals surface area contributed by atoms with E-state index in [9.17, 15) is 33.2 Å². The molecule has 0 radical (unpaired) electrons. The summed E-state index contributed by atoms with van der Waals surface area (Å²) in [4.78, 5) is 26.6. The van der Waals surface area contributed by atoms with Crippen molar-refractivity contribution < 1.29 is 32.7 Å². The van der Waals surface area contributed by atoms with Crippen LogP contribution in [-0.4, -0.2) is 28.2 Å². The standard InChI is InChI=1S/C18H12F3N3O5S/c1-29-13-6-9(5-12(15(13)25)24(27)28)7-14-16(26)23-17(30-14)22-11-4-2-3-10(8-11)18(19,20)21/h2-8,25H,1H3,(H,22,23,26). The van der Waals surface area contributed by atoms with Crippen LogP contribution in [0.3, 0.4) is 0 Å². The summed E-state index contributed by atoms with van der Waals surface area (Å²) in [7, 11) is 1.21. The first-order valence-corrected chi connectivity index (χ1v) is 8.92. The normalized spacial score (nSPS) is 16.7. The summed E-state index contributed by atoms with van der Waals surface area (Å²) >= 11 is 0.850. The van der Waals surface area contributed by atoms with Gasteiger partial charge in [0.1, 0.15) is 0 Å². The molecule has 156 valence electrons. The molecule has 0 aromatic heterocycles. The molecule has 2 aromatic rings. The lowest BCUT2D eigenvalue weighted by molar-refractivity contribution is -0.386. The number of hydrogen-bond acceptors (Lipinski definition) is 7. The van der Waals surface area contributed by atoms with Crippen molar-refractivity contribution in [2.45, 2.75) is 6.18 Å². The minimum absolute atomic E-state index is 0.00387. The average molecular weight is 439 g/mol. The lowest BCUT2D eigenvalue weighted by Crippen LogP contribution is -2.19. The molecule has 2 aromatic carbocycles. The van der Waals surface area contributed by atoms with Gasteiger partial charge in [0.05, 0.1) is 28.2 Å². The Balaban J connectivity index is 1.91. The number of nitro benzene ring substituents is 1. The van der Waals surface area contributed by atoms with E-state index in [2.05, 4.69) is 10.3 Å². The number of rotatable bonds is 4. The number of thioether (sulfide) groups is 1. The number of amidine groups is 1. The maximum Gasteiger partial charge on any atom is 0.416 e. The highest BCUT2D eigenvalue weighted by molar-refractivity contribution is 8.18. The van der Waals surface area contributed by atoms with Gasteiger partial charge < -0.3 is 15.2 Å². The van der Waals surface area contributed by atoms with Crippen LogP contribution in [0.5, 0.6) is 11.5 Å². The highest BCUT2D eigenvalue weighted by atomic mass is 32.2. The van der Waals surface area contributed by atoms with Crippen LogP contribution in [-0.2, 0) is 11.0 Å². The van der Waals surface area contributed by atoms with Crippen LogP contribution >= 0.6 is 11.8 Å². The van der Waals surface area contributed by atoms with Gasteiger partial charge >= 0.3 is 11.9 Å². The van der Waals surface area contributed by atoms with Gasteiger partial charge in [-0.1, -0.05) is 6.07 Å². The van der Waals surface area contributed by atoms with Crippen LogP contribution in [0.25, 0.3) is 6.08 Å². The van der Waals surface area contributed by atoms with E-state index in [0.717, 1.165) is 30.0 Å². The summed E-state index contributed by atoms with van der Waals surface area (Å²) in [6, 6.07) is 6.65. The average Bonchev–Trinajstić information content (AvgIpc) is 3.01. The smallest absolute Gasteiger partial charge is 0.416 e. The summed E-state index contributed by atoms with van der Waals surface area (Å²) in [6.07, 6.45) is -3.22. The van der Waals surface area contributed by atoms with Gasteiger partial charge in [0.25, 0.3) is 5.91 Å². The number of carbonyl (C=O) groups is 1. The minimum Gasteiger partial charge on any atom is -0.500 e. The SMILES string of the molecule is COc1cc(C=C2SC(=Nc3cccc(C(F)(F)F)c3)NC2=O)cc([N+](=O)[O-])c1O. The Kier molecular flexibility index (Phi) is 5.69. The number of phenolic OH excluding ortho intramolecular Hbond substituents is 1. The van der Waals surface area contributed by atoms with Crippen LogP contribution < -0.4 is 10.1 Å². The highest BCUT2D eigenvalue weighted by Gasteiger charge is 2.31. The molecule has 0 unspecified atom stereocenters. The summed E-state index contributed by atoms with van der Waals surface area (Å²) in [5, 5.41) is 23.4. The monoisotopic (exact) mass is 439 g/mol. The fourth-order valence-electron chi connectivity index (χ4n) is 2.49. The van der Waals surface area contributed by atoms with Gasteiger partial charge in [0.2, 0.25) is 5.75 Å². The number of halogens is 3.